The van der Waals surface area contributed by atoms with E-state index in [1.165, 1.54) is 31.4 Å². The van der Waals surface area contributed by atoms with E-state index in [2.05, 4.69) is 10.0 Å². The van der Waals surface area contributed by atoms with E-state index in [0.717, 1.165) is 12.0 Å². The van der Waals surface area contributed by atoms with Crippen LogP contribution in [0.3, 0.4) is 0 Å². The molecular weight excluding hydrogens is 448 g/mol. The quantitative estimate of drug-likeness (QED) is 0.464. The molecule has 0 aromatic heterocycles. The lowest BCUT2D eigenvalue weighted by Gasteiger charge is -2.16. The lowest BCUT2D eigenvalue weighted by Crippen LogP contribution is -2.33. The molecule has 0 heterocycles. The maximum absolute atomic E-state index is 12.9. The van der Waals surface area contributed by atoms with Crippen molar-refractivity contribution in [3.05, 3.63) is 88.9 Å². The lowest BCUT2D eigenvalue weighted by atomic mass is 10.1. The lowest BCUT2D eigenvalue weighted by molar-refractivity contribution is 0.102. The van der Waals surface area contributed by atoms with Gasteiger partial charge in [-0.3, -0.25) is 4.79 Å². The Balaban J connectivity index is 1.74. The van der Waals surface area contributed by atoms with E-state index < -0.39 is 15.9 Å². The van der Waals surface area contributed by atoms with Gasteiger partial charge in [0.1, 0.15) is 5.75 Å². The molecule has 0 spiro atoms. The Morgan fingerprint density at radius 1 is 1.03 bits per heavy atom. The van der Waals surface area contributed by atoms with Gasteiger partial charge in [-0.1, -0.05) is 48.0 Å². The predicted octanol–water partition coefficient (Wildman–Crippen LogP) is 4.90. The first-order valence-corrected chi connectivity index (χ1v) is 12.0. The smallest absolute Gasteiger partial charge is 0.255 e. The molecule has 0 fully saturated rings. The number of sulfonamides is 1. The molecule has 0 aliphatic heterocycles. The third-order valence-corrected chi connectivity index (χ3v) is 6.70. The van der Waals surface area contributed by atoms with Gasteiger partial charge in [0, 0.05) is 16.6 Å². The minimum Gasteiger partial charge on any atom is -0.495 e. The summed E-state index contributed by atoms with van der Waals surface area (Å²) in [6.07, 6.45) is 1.41. The SMILES string of the molecule is COc1ccc(S(=O)(=O)N[C@@H](C)CCc2ccccc2)cc1NC(=O)c1cccc(Cl)c1. The maximum atomic E-state index is 12.9. The average Bonchev–Trinajstić information content (AvgIpc) is 2.78. The highest BCUT2D eigenvalue weighted by Crippen LogP contribution is 2.28. The zero-order valence-corrected chi connectivity index (χ0v) is 19.4. The molecule has 0 saturated carbocycles. The number of anilines is 1. The standard InChI is InChI=1S/C24H25ClN2O4S/c1-17(11-12-18-7-4-3-5-8-18)27-32(29,30)21-13-14-23(31-2)22(16-21)26-24(28)19-9-6-10-20(25)15-19/h3-10,13-17,27H,11-12H2,1-2H3,(H,26,28)/t17-/m0/s1. The number of hydrogen-bond donors (Lipinski definition) is 2. The van der Waals surface area contributed by atoms with Crippen LogP contribution < -0.4 is 14.8 Å². The Morgan fingerprint density at radius 3 is 2.47 bits per heavy atom. The van der Waals surface area contributed by atoms with E-state index in [4.69, 9.17) is 16.3 Å². The number of rotatable bonds is 9. The maximum Gasteiger partial charge on any atom is 0.255 e. The number of halogens is 1. The fourth-order valence-corrected chi connectivity index (χ4v) is 4.69. The predicted molar refractivity (Wildman–Crippen MR) is 127 cm³/mol. The molecule has 0 radical (unpaired) electrons. The Bertz CT molecular complexity index is 1180. The van der Waals surface area contributed by atoms with Crippen molar-refractivity contribution in [2.75, 3.05) is 12.4 Å². The molecule has 6 nitrogen and oxygen atoms in total. The Kier molecular flexibility index (Phi) is 7.90. The minimum absolute atomic E-state index is 0.0336. The molecule has 2 N–H and O–H groups in total. The van der Waals surface area contributed by atoms with Gasteiger partial charge in [-0.15, -0.1) is 0 Å². The van der Waals surface area contributed by atoms with Gasteiger partial charge in [0.25, 0.3) is 5.91 Å². The van der Waals surface area contributed by atoms with Crippen LogP contribution in [-0.2, 0) is 16.4 Å². The van der Waals surface area contributed by atoms with E-state index in [1.807, 2.05) is 37.3 Å². The first-order valence-electron chi connectivity index (χ1n) is 10.1. The largest absolute Gasteiger partial charge is 0.495 e. The first kappa shape index (κ1) is 23.8. The van der Waals surface area contributed by atoms with Crippen LogP contribution in [0.2, 0.25) is 5.02 Å². The summed E-state index contributed by atoms with van der Waals surface area (Å²) in [7, 11) is -2.35. The van der Waals surface area contributed by atoms with Crippen LogP contribution in [-0.4, -0.2) is 27.5 Å². The van der Waals surface area contributed by atoms with Crippen molar-refractivity contribution < 1.29 is 17.9 Å². The summed E-state index contributed by atoms with van der Waals surface area (Å²) in [5, 5.41) is 3.13. The van der Waals surface area contributed by atoms with Crippen molar-refractivity contribution in [3.8, 4) is 5.75 Å². The molecule has 3 aromatic carbocycles. The Morgan fingerprint density at radius 2 is 1.78 bits per heavy atom. The van der Waals surface area contributed by atoms with Gasteiger partial charge < -0.3 is 10.1 Å². The van der Waals surface area contributed by atoms with Crippen LogP contribution in [0.1, 0.15) is 29.3 Å². The normalized spacial score (nSPS) is 12.2. The van der Waals surface area contributed by atoms with Crippen molar-refractivity contribution in [2.24, 2.45) is 0 Å². The molecule has 1 amide bonds. The summed E-state index contributed by atoms with van der Waals surface area (Å²) in [5.41, 5.74) is 1.74. The fourth-order valence-electron chi connectivity index (χ4n) is 3.20. The fraction of sp³-hybridized carbons (Fsp3) is 0.208. The summed E-state index contributed by atoms with van der Waals surface area (Å²) >= 11 is 5.96. The van der Waals surface area contributed by atoms with Crippen molar-refractivity contribution in [3.63, 3.8) is 0 Å². The molecule has 32 heavy (non-hydrogen) atoms. The highest BCUT2D eigenvalue weighted by Gasteiger charge is 2.20. The highest BCUT2D eigenvalue weighted by molar-refractivity contribution is 7.89. The van der Waals surface area contributed by atoms with E-state index in [1.54, 1.807) is 18.2 Å². The van der Waals surface area contributed by atoms with Crippen LogP contribution >= 0.6 is 11.6 Å². The van der Waals surface area contributed by atoms with Gasteiger partial charge in [-0.05, 0) is 61.7 Å². The third kappa shape index (κ3) is 6.32. The van der Waals surface area contributed by atoms with Crippen molar-refractivity contribution in [2.45, 2.75) is 30.7 Å². The second kappa shape index (κ2) is 10.6. The summed E-state index contributed by atoms with van der Waals surface area (Å²) in [6, 6.07) is 20.4. The van der Waals surface area contributed by atoms with Gasteiger partial charge in [0.15, 0.2) is 0 Å². The Labute approximate surface area is 193 Å². The van der Waals surface area contributed by atoms with Gasteiger partial charge in [-0.25, -0.2) is 13.1 Å². The van der Waals surface area contributed by atoms with Gasteiger partial charge in [0.2, 0.25) is 10.0 Å². The van der Waals surface area contributed by atoms with Gasteiger partial charge >= 0.3 is 0 Å². The number of carbonyl (C=O) groups excluding carboxylic acids is 1. The highest BCUT2D eigenvalue weighted by atomic mass is 35.5. The summed E-state index contributed by atoms with van der Waals surface area (Å²) < 4.78 is 33.8. The number of benzene rings is 3. The number of nitrogens with one attached hydrogen (secondary N) is 2. The van der Waals surface area contributed by atoms with Crippen molar-refractivity contribution in [1.29, 1.82) is 0 Å². The molecule has 3 aromatic rings. The van der Waals surface area contributed by atoms with Crippen molar-refractivity contribution in [1.82, 2.24) is 4.72 Å². The van der Waals surface area contributed by atoms with Crippen LogP contribution in [0.4, 0.5) is 5.69 Å². The second-order valence-corrected chi connectivity index (χ2v) is 9.52. The number of amides is 1. The molecule has 1 atom stereocenters. The second-order valence-electron chi connectivity index (χ2n) is 7.37. The molecule has 0 unspecified atom stereocenters. The van der Waals surface area contributed by atoms with Gasteiger partial charge in [-0.2, -0.15) is 0 Å². The van der Waals surface area contributed by atoms with Crippen molar-refractivity contribution >= 4 is 33.2 Å². The van der Waals surface area contributed by atoms with E-state index in [-0.39, 0.29) is 16.6 Å². The number of hydrogen-bond acceptors (Lipinski definition) is 4. The van der Waals surface area contributed by atoms with E-state index in [9.17, 15) is 13.2 Å². The molecule has 0 aliphatic rings. The van der Waals surface area contributed by atoms with Crippen LogP contribution in [0, 0.1) is 0 Å². The van der Waals surface area contributed by atoms with Crippen LogP contribution in [0.25, 0.3) is 0 Å². The summed E-state index contributed by atoms with van der Waals surface area (Å²) in [5.74, 6) is -0.0824. The molecule has 168 valence electrons. The zero-order valence-electron chi connectivity index (χ0n) is 17.8. The number of methoxy groups -OCH3 is 1. The van der Waals surface area contributed by atoms with Crippen LogP contribution in [0.5, 0.6) is 5.75 Å². The molecule has 0 bridgehead atoms. The van der Waals surface area contributed by atoms with E-state index in [0.29, 0.717) is 22.8 Å². The molecule has 0 saturated heterocycles. The van der Waals surface area contributed by atoms with E-state index >= 15 is 0 Å². The third-order valence-electron chi connectivity index (χ3n) is 4.88. The summed E-state index contributed by atoms with van der Waals surface area (Å²) in [4.78, 5) is 12.6. The number of carbonyl (C=O) groups is 1. The molecule has 3 rings (SSSR count). The topological polar surface area (TPSA) is 84.5 Å². The number of aryl methyl sites for hydroxylation is 1. The molecule has 0 aliphatic carbocycles. The average molecular weight is 473 g/mol. The molecular formula is C24H25ClN2O4S. The first-order chi connectivity index (χ1) is 15.3. The number of ether oxygens (including phenoxy) is 1. The van der Waals surface area contributed by atoms with Crippen LogP contribution in [0.15, 0.2) is 77.7 Å². The zero-order chi connectivity index (χ0) is 23.1. The monoisotopic (exact) mass is 472 g/mol. The summed E-state index contributed by atoms with van der Waals surface area (Å²) in [6.45, 7) is 1.83. The van der Waals surface area contributed by atoms with Gasteiger partial charge in [0.05, 0.1) is 17.7 Å². The Hall–Kier alpha value is -2.87. The minimum atomic E-state index is -3.80. The molecule has 8 heteroatoms.